The molecule has 2 aromatic rings. The molecule has 4 fully saturated rings. The van der Waals surface area contributed by atoms with E-state index in [1.807, 2.05) is 28.9 Å². The van der Waals surface area contributed by atoms with Gasteiger partial charge in [0.2, 0.25) is 0 Å². The lowest BCUT2D eigenvalue weighted by Gasteiger charge is -2.56. The molecule has 1 heterocycles. The number of rotatable bonds is 6. The van der Waals surface area contributed by atoms with Gasteiger partial charge in [-0.25, -0.2) is 0 Å². The largest absolute Gasteiger partial charge is 0.345 e. The molecule has 0 unspecified atom stereocenters. The first-order valence-electron chi connectivity index (χ1n) is 10.9. The third kappa shape index (κ3) is 3.07. The lowest BCUT2D eigenvalue weighted by Crippen LogP contribution is -2.60. The van der Waals surface area contributed by atoms with Crippen LogP contribution in [0.5, 0.6) is 0 Å². The third-order valence-electron chi connectivity index (χ3n) is 7.25. The average Bonchev–Trinajstić information content (AvgIpc) is 2.98. The number of unbranched alkanes of at least 4 members (excludes halogenated alkanes) is 2. The molecule has 1 aromatic heterocycles. The summed E-state index contributed by atoms with van der Waals surface area (Å²) in [5.41, 5.74) is 1.76. The molecule has 144 valence electrons. The Hall–Kier alpha value is -1.84. The summed E-state index contributed by atoms with van der Waals surface area (Å²) in [6, 6.07) is 8.09. The Morgan fingerprint density at radius 3 is 2.44 bits per heavy atom. The highest BCUT2D eigenvalue weighted by Gasteiger charge is 2.51. The maximum atomic E-state index is 13.5. The van der Waals surface area contributed by atoms with E-state index < -0.39 is 0 Å². The Labute approximate surface area is 161 Å². The summed E-state index contributed by atoms with van der Waals surface area (Å²) < 4.78 is 1.97. The fraction of sp³-hybridized carbons (Fsp3) is 0.652. The molecule has 0 aliphatic heterocycles. The fourth-order valence-electron chi connectivity index (χ4n) is 6.56. The van der Waals surface area contributed by atoms with E-state index in [-0.39, 0.29) is 11.4 Å². The Kier molecular flexibility index (Phi) is 4.25. The summed E-state index contributed by atoms with van der Waals surface area (Å²) in [6.45, 7) is 3.03. The lowest BCUT2D eigenvalue weighted by atomic mass is 9.53. The van der Waals surface area contributed by atoms with Gasteiger partial charge in [0.1, 0.15) is 5.69 Å². The normalized spacial score (nSPS) is 31.5. The summed E-state index contributed by atoms with van der Waals surface area (Å²) in [7, 11) is 0. The molecule has 4 nitrogen and oxygen atoms in total. The number of carbonyl (C=O) groups excluding carboxylic acids is 1. The third-order valence-corrected chi connectivity index (χ3v) is 7.25. The second kappa shape index (κ2) is 6.65. The minimum Gasteiger partial charge on any atom is -0.345 e. The monoisotopic (exact) mass is 365 g/mol. The Bertz CT molecular complexity index is 817. The van der Waals surface area contributed by atoms with Crippen LogP contribution in [0, 0.1) is 17.8 Å². The molecule has 0 radical (unpaired) electrons. The van der Waals surface area contributed by atoms with Crippen molar-refractivity contribution in [2.24, 2.45) is 17.8 Å². The van der Waals surface area contributed by atoms with Crippen molar-refractivity contribution in [1.29, 1.82) is 0 Å². The van der Waals surface area contributed by atoms with Gasteiger partial charge >= 0.3 is 0 Å². The predicted molar refractivity (Wildman–Crippen MR) is 108 cm³/mol. The molecule has 27 heavy (non-hydrogen) atoms. The smallest absolute Gasteiger partial charge is 0.270 e. The number of nitrogens with zero attached hydrogens (tertiary/aromatic N) is 2. The second-order valence-corrected chi connectivity index (χ2v) is 9.45. The second-order valence-electron chi connectivity index (χ2n) is 9.45. The van der Waals surface area contributed by atoms with Crippen molar-refractivity contribution < 1.29 is 4.79 Å². The van der Waals surface area contributed by atoms with Crippen molar-refractivity contribution in [1.82, 2.24) is 15.1 Å². The van der Waals surface area contributed by atoms with Crippen LogP contribution in [0.15, 0.2) is 24.3 Å². The Morgan fingerprint density at radius 1 is 1.11 bits per heavy atom. The Morgan fingerprint density at radius 2 is 1.78 bits per heavy atom. The molecule has 6 rings (SSSR count). The summed E-state index contributed by atoms with van der Waals surface area (Å²) >= 11 is 0. The van der Waals surface area contributed by atoms with E-state index in [0.29, 0.717) is 0 Å². The van der Waals surface area contributed by atoms with Crippen LogP contribution < -0.4 is 5.32 Å². The van der Waals surface area contributed by atoms with Crippen molar-refractivity contribution in [3.05, 3.63) is 30.0 Å². The van der Waals surface area contributed by atoms with Gasteiger partial charge in [0.25, 0.3) is 5.91 Å². The van der Waals surface area contributed by atoms with Crippen LogP contribution >= 0.6 is 0 Å². The van der Waals surface area contributed by atoms with Crippen LogP contribution in [-0.2, 0) is 6.54 Å². The topological polar surface area (TPSA) is 46.9 Å². The SMILES string of the molecule is CCCCCn1nc2ccccc2c1C(=O)NC12CC3CC(CC(C3)C1)C2. The summed E-state index contributed by atoms with van der Waals surface area (Å²) in [5.74, 6) is 2.61. The lowest BCUT2D eigenvalue weighted by molar-refractivity contribution is -0.0168. The molecular weight excluding hydrogens is 334 g/mol. The predicted octanol–water partition coefficient (Wildman–Crippen LogP) is 4.93. The zero-order valence-electron chi connectivity index (χ0n) is 16.4. The van der Waals surface area contributed by atoms with E-state index in [4.69, 9.17) is 5.10 Å². The van der Waals surface area contributed by atoms with Gasteiger partial charge in [-0.2, -0.15) is 5.10 Å². The van der Waals surface area contributed by atoms with Crippen LogP contribution in [0.3, 0.4) is 0 Å². The van der Waals surface area contributed by atoms with Crippen molar-refractivity contribution in [2.75, 3.05) is 0 Å². The van der Waals surface area contributed by atoms with E-state index >= 15 is 0 Å². The highest BCUT2D eigenvalue weighted by molar-refractivity contribution is 6.05. The number of hydrogen-bond donors (Lipinski definition) is 1. The molecule has 4 aliphatic carbocycles. The van der Waals surface area contributed by atoms with Gasteiger partial charge in [-0.3, -0.25) is 9.48 Å². The molecular formula is C23H31N3O. The molecule has 1 amide bonds. The van der Waals surface area contributed by atoms with Gasteiger partial charge in [-0.1, -0.05) is 38.0 Å². The number of amides is 1. The number of aromatic nitrogens is 2. The van der Waals surface area contributed by atoms with Gasteiger partial charge in [0.15, 0.2) is 0 Å². The molecule has 4 bridgehead atoms. The maximum absolute atomic E-state index is 13.5. The van der Waals surface area contributed by atoms with E-state index in [0.717, 1.165) is 47.3 Å². The quantitative estimate of drug-likeness (QED) is 0.738. The average molecular weight is 366 g/mol. The molecule has 4 saturated carbocycles. The number of benzene rings is 1. The Balaban J connectivity index is 1.44. The highest BCUT2D eigenvalue weighted by Crippen LogP contribution is 2.55. The first kappa shape index (κ1) is 17.3. The molecule has 4 aliphatic rings. The standard InChI is InChI=1S/C23H31N3O/c1-2-3-6-9-26-21(19-7-4-5-8-20(19)25-26)22(27)24-23-13-16-10-17(14-23)12-18(11-16)15-23/h4-5,7-8,16-18H,2-3,6,9-15H2,1H3,(H,24,27). The first-order valence-corrected chi connectivity index (χ1v) is 10.9. The fourth-order valence-corrected chi connectivity index (χ4v) is 6.56. The van der Waals surface area contributed by atoms with Crippen molar-refractivity contribution in [3.63, 3.8) is 0 Å². The van der Waals surface area contributed by atoms with Crippen molar-refractivity contribution in [2.45, 2.75) is 76.8 Å². The molecule has 1 aromatic carbocycles. The molecule has 0 saturated heterocycles. The van der Waals surface area contributed by atoms with Crippen molar-refractivity contribution in [3.8, 4) is 0 Å². The van der Waals surface area contributed by atoms with E-state index in [1.54, 1.807) is 0 Å². The van der Waals surface area contributed by atoms with E-state index in [9.17, 15) is 4.79 Å². The number of aryl methyl sites for hydroxylation is 1. The molecule has 0 atom stereocenters. The summed E-state index contributed by atoms with van der Waals surface area (Å²) in [4.78, 5) is 13.5. The van der Waals surface area contributed by atoms with Gasteiger partial charge in [-0.05, 0) is 68.8 Å². The van der Waals surface area contributed by atoms with Gasteiger partial charge < -0.3 is 5.32 Å². The zero-order valence-corrected chi connectivity index (χ0v) is 16.4. The van der Waals surface area contributed by atoms with Gasteiger partial charge in [0, 0.05) is 17.5 Å². The molecule has 0 spiro atoms. The number of nitrogens with one attached hydrogen (secondary N) is 1. The maximum Gasteiger partial charge on any atom is 0.270 e. The minimum atomic E-state index is 0.0471. The number of hydrogen-bond acceptors (Lipinski definition) is 2. The van der Waals surface area contributed by atoms with E-state index in [2.05, 4.69) is 12.2 Å². The highest BCUT2D eigenvalue weighted by atomic mass is 16.2. The number of carbonyl (C=O) groups is 1. The first-order chi connectivity index (χ1) is 13.2. The zero-order chi connectivity index (χ0) is 18.4. The summed E-state index contributed by atoms with van der Waals surface area (Å²) in [5, 5.41) is 9.30. The minimum absolute atomic E-state index is 0.0471. The van der Waals surface area contributed by atoms with Crippen LogP contribution in [0.4, 0.5) is 0 Å². The van der Waals surface area contributed by atoms with Gasteiger partial charge in [-0.15, -0.1) is 0 Å². The molecule has 1 N–H and O–H groups in total. The van der Waals surface area contributed by atoms with Crippen LogP contribution in [0.2, 0.25) is 0 Å². The van der Waals surface area contributed by atoms with Crippen molar-refractivity contribution >= 4 is 16.8 Å². The van der Waals surface area contributed by atoms with Crippen LogP contribution in [0.1, 0.15) is 75.2 Å². The van der Waals surface area contributed by atoms with Crippen LogP contribution in [-0.4, -0.2) is 21.2 Å². The van der Waals surface area contributed by atoms with E-state index in [1.165, 1.54) is 51.4 Å². The van der Waals surface area contributed by atoms with Gasteiger partial charge in [0.05, 0.1) is 5.52 Å². The van der Waals surface area contributed by atoms with Crippen LogP contribution in [0.25, 0.3) is 10.9 Å². The molecule has 4 heteroatoms. The number of fused-ring (bicyclic) bond motifs is 1. The summed E-state index contributed by atoms with van der Waals surface area (Å²) in [6.07, 6.45) is 11.2.